The molecular weight excluding hydrogens is 358 g/mol. The zero-order valence-corrected chi connectivity index (χ0v) is 16.2. The number of nitrogens with zero attached hydrogens (tertiary/aromatic N) is 1. The van der Waals surface area contributed by atoms with Crippen LogP contribution in [0.4, 0.5) is 0 Å². The van der Waals surface area contributed by atoms with Crippen molar-refractivity contribution in [1.82, 2.24) is 4.90 Å². The van der Waals surface area contributed by atoms with E-state index >= 15 is 0 Å². The molecule has 142 valence electrons. The average Bonchev–Trinajstić information content (AvgIpc) is 2.78. The smallest absolute Gasteiger partial charge is 0.254 e. The molecule has 3 heteroatoms. The molecule has 0 heterocycles. The number of benzene rings is 4. The summed E-state index contributed by atoms with van der Waals surface area (Å²) in [6.45, 7) is 0.470. The van der Waals surface area contributed by atoms with Crippen LogP contribution in [-0.4, -0.2) is 23.6 Å². The molecule has 0 atom stereocenters. The van der Waals surface area contributed by atoms with Crippen LogP contribution in [0, 0.1) is 0 Å². The molecule has 4 rings (SSSR count). The molecule has 0 radical (unpaired) electrons. The normalized spacial score (nSPS) is 10.7. The van der Waals surface area contributed by atoms with Crippen LogP contribution in [0.3, 0.4) is 0 Å². The van der Waals surface area contributed by atoms with Gasteiger partial charge in [0, 0.05) is 24.7 Å². The van der Waals surface area contributed by atoms with Gasteiger partial charge in [0.15, 0.2) is 5.78 Å². The first kappa shape index (κ1) is 18.6. The Labute approximate surface area is 170 Å². The lowest BCUT2D eigenvalue weighted by molar-refractivity contribution is 0.0780. The van der Waals surface area contributed by atoms with E-state index in [0.29, 0.717) is 23.2 Å². The predicted octanol–water partition coefficient (Wildman–Crippen LogP) is 5.34. The summed E-state index contributed by atoms with van der Waals surface area (Å²) in [5, 5.41) is 2.31. The van der Waals surface area contributed by atoms with E-state index < -0.39 is 0 Å². The molecule has 0 N–H and O–H groups in total. The van der Waals surface area contributed by atoms with Crippen molar-refractivity contribution in [3.05, 3.63) is 119 Å². The Kier molecular flexibility index (Phi) is 5.21. The summed E-state index contributed by atoms with van der Waals surface area (Å²) >= 11 is 0. The lowest BCUT2D eigenvalue weighted by atomic mass is 9.97. The summed E-state index contributed by atoms with van der Waals surface area (Å²) in [5.74, 6) is -0.313. The molecule has 0 fully saturated rings. The highest BCUT2D eigenvalue weighted by Crippen LogP contribution is 2.19. The van der Waals surface area contributed by atoms with Gasteiger partial charge < -0.3 is 4.90 Å². The van der Waals surface area contributed by atoms with Crippen molar-refractivity contribution in [1.29, 1.82) is 0 Å². The summed E-state index contributed by atoms with van der Waals surface area (Å²) in [6.07, 6.45) is 0. The molecule has 0 aliphatic rings. The van der Waals surface area contributed by atoms with Crippen molar-refractivity contribution in [3.63, 3.8) is 0 Å². The maximum absolute atomic E-state index is 13.1. The fourth-order valence-electron chi connectivity index (χ4n) is 3.50. The third kappa shape index (κ3) is 3.94. The molecule has 3 nitrogen and oxygen atoms in total. The quantitative estimate of drug-likeness (QED) is 0.439. The van der Waals surface area contributed by atoms with Gasteiger partial charge in [-0.3, -0.25) is 9.59 Å². The van der Waals surface area contributed by atoms with Crippen molar-refractivity contribution in [3.8, 4) is 0 Å². The Hall–Kier alpha value is -3.72. The monoisotopic (exact) mass is 379 g/mol. The first-order valence-electron chi connectivity index (χ1n) is 9.55. The van der Waals surface area contributed by atoms with E-state index in [9.17, 15) is 9.59 Å². The molecule has 0 spiro atoms. The molecular formula is C26H21NO2. The van der Waals surface area contributed by atoms with Crippen molar-refractivity contribution in [2.45, 2.75) is 6.54 Å². The van der Waals surface area contributed by atoms with Gasteiger partial charge in [0.25, 0.3) is 5.91 Å². The number of hydrogen-bond donors (Lipinski definition) is 0. The second-order valence-corrected chi connectivity index (χ2v) is 7.08. The number of ketones is 1. The molecule has 0 unspecified atom stereocenters. The number of amides is 1. The van der Waals surface area contributed by atoms with Crippen molar-refractivity contribution < 1.29 is 9.59 Å². The second-order valence-electron chi connectivity index (χ2n) is 7.08. The molecule has 0 aliphatic heterocycles. The minimum atomic E-state index is -0.168. The minimum absolute atomic E-state index is 0.145. The van der Waals surface area contributed by atoms with E-state index in [1.54, 1.807) is 48.3 Å². The first-order chi connectivity index (χ1) is 14.1. The number of carbonyl (C=O) groups excluding carboxylic acids is 2. The van der Waals surface area contributed by atoms with E-state index in [0.717, 1.165) is 10.9 Å². The zero-order valence-electron chi connectivity index (χ0n) is 16.2. The lowest BCUT2D eigenvalue weighted by Gasteiger charge is -2.19. The molecule has 0 aliphatic carbocycles. The summed E-state index contributed by atoms with van der Waals surface area (Å²) in [7, 11) is 1.77. The highest BCUT2D eigenvalue weighted by Gasteiger charge is 2.20. The molecule has 0 aromatic heterocycles. The van der Waals surface area contributed by atoms with Crippen LogP contribution in [-0.2, 0) is 6.54 Å². The van der Waals surface area contributed by atoms with Crippen LogP contribution >= 0.6 is 0 Å². The molecule has 0 bridgehead atoms. The van der Waals surface area contributed by atoms with Crippen molar-refractivity contribution >= 4 is 22.5 Å². The van der Waals surface area contributed by atoms with Gasteiger partial charge in [0.2, 0.25) is 0 Å². The van der Waals surface area contributed by atoms with Gasteiger partial charge in [-0.15, -0.1) is 0 Å². The van der Waals surface area contributed by atoms with Crippen LogP contribution < -0.4 is 0 Å². The predicted molar refractivity (Wildman–Crippen MR) is 116 cm³/mol. The molecule has 4 aromatic carbocycles. The van der Waals surface area contributed by atoms with Gasteiger partial charge in [-0.05, 0) is 28.5 Å². The number of fused-ring (bicyclic) bond motifs is 1. The fourth-order valence-corrected chi connectivity index (χ4v) is 3.50. The van der Waals surface area contributed by atoms with Crippen LogP contribution in [0.2, 0.25) is 0 Å². The number of hydrogen-bond acceptors (Lipinski definition) is 2. The first-order valence-corrected chi connectivity index (χ1v) is 9.55. The number of rotatable bonds is 5. The van der Waals surface area contributed by atoms with Crippen LogP contribution in [0.1, 0.15) is 31.8 Å². The summed E-state index contributed by atoms with van der Waals surface area (Å²) < 4.78 is 0. The summed E-state index contributed by atoms with van der Waals surface area (Å²) in [4.78, 5) is 27.7. The van der Waals surface area contributed by atoms with Gasteiger partial charge in [0.1, 0.15) is 0 Å². The SMILES string of the molecule is CN(Cc1ccc2ccccc2c1)C(=O)c1ccccc1C(=O)c1ccccc1. The maximum atomic E-state index is 13.1. The highest BCUT2D eigenvalue weighted by molar-refractivity contribution is 6.15. The fraction of sp³-hybridized carbons (Fsp3) is 0.0769. The van der Waals surface area contributed by atoms with E-state index in [-0.39, 0.29) is 11.7 Å². The highest BCUT2D eigenvalue weighted by atomic mass is 16.2. The lowest BCUT2D eigenvalue weighted by Crippen LogP contribution is -2.28. The Morgan fingerprint density at radius 1 is 0.690 bits per heavy atom. The van der Waals surface area contributed by atoms with E-state index in [1.165, 1.54) is 5.39 Å². The third-order valence-electron chi connectivity index (χ3n) is 5.02. The minimum Gasteiger partial charge on any atom is -0.337 e. The van der Waals surface area contributed by atoms with Gasteiger partial charge in [-0.2, -0.15) is 0 Å². The molecule has 1 amide bonds. The van der Waals surface area contributed by atoms with Gasteiger partial charge >= 0.3 is 0 Å². The molecule has 0 saturated carbocycles. The van der Waals surface area contributed by atoms with E-state index in [1.807, 2.05) is 36.4 Å². The van der Waals surface area contributed by atoms with Crippen LogP contribution in [0.15, 0.2) is 97.1 Å². The largest absolute Gasteiger partial charge is 0.337 e. The van der Waals surface area contributed by atoms with Gasteiger partial charge in [-0.1, -0.05) is 84.9 Å². The second kappa shape index (κ2) is 8.11. The van der Waals surface area contributed by atoms with E-state index in [4.69, 9.17) is 0 Å². The standard InChI is InChI=1S/C26H21NO2/c1-27(18-19-15-16-20-9-5-6-12-22(20)17-19)26(29)24-14-8-7-13-23(24)25(28)21-10-3-2-4-11-21/h2-17H,18H2,1H3. The van der Waals surface area contributed by atoms with E-state index in [2.05, 4.69) is 24.3 Å². The van der Waals surface area contributed by atoms with Gasteiger partial charge in [-0.25, -0.2) is 0 Å². The maximum Gasteiger partial charge on any atom is 0.254 e. The summed E-state index contributed by atoms with van der Waals surface area (Å²) in [6, 6.07) is 30.4. The molecule has 29 heavy (non-hydrogen) atoms. The Balaban J connectivity index is 1.59. The van der Waals surface area contributed by atoms with Crippen LogP contribution in [0.25, 0.3) is 10.8 Å². The Morgan fingerprint density at radius 3 is 2.07 bits per heavy atom. The number of carbonyl (C=O) groups is 2. The van der Waals surface area contributed by atoms with Crippen molar-refractivity contribution in [2.24, 2.45) is 0 Å². The average molecular weight is 379 g/mol. The third-order valence-corrected chi connectivity index (χ3v) is 5.02. The van der Waals surface area contributed by atoms with Crippen molar-refractivity contribution in [2.75, 3.05) is 7.05 Å². The Bertz CT molecular complexity index is 1180. The van der Waals surface area contributed by atoms with Crippen LogP contribution in [0.5, 0.6) is 0 Å². The molecule has 4 aromatic rings. The zero-order chi connectivity index (χ0) is 20.2. The topological polar surface area (TPSA) is 37.4 Å². The van der Waals surface area contributed by atoms with Gasteiger partial charge in [0.05, 0.1) is 5.56 Å². The molecule has 0 saturated heterocycles. The summed E-state index contributed by atoms with van der Waals surface area (Å²) in [5.41, 5.74) is 2.47. The Morgan fingerprint density at radius 2 is 1.31 bits per heavy atom.